The molecule has 0 aliphatic carbocycles. The smallest absolute Gasteiger partial charge is 0.196 e. The van der Waals surface area contributed by atoms with E-state index in [1.807, 2.05) is 42.5 Å². The van der Waals surface area contributed by atoms with Crippen LogP contribution in [0.4, 0.5) is 0 Å². The molecule has 3 aromatic rings. The molecule has 4 rings (SSSR count). The summed E-state index contributed by atoms with van der Waals surface area (Å²) >= 11 is 1.66. The Morgan fingerprint density at radius 3 is 2.64 bits per heavy atom. The fourth-order valence-corrected chi connectivity index (χ4v) is 4.59. The number of piperidine rings is 1. The van der Waals surface area contributed by atoms with Gasteiger partial charge in [-0.2, -0.15) is 0 Å². The monoisotopic (exact) mass is 353 g/mol. The van der Waals surface area contributed by atoms with Gasteiger partial charge in [-0.25, -0.2) is 0 Å². The van der Waals surface area contributed by atoms with E-state index < -0.39 is 0 Å². The highest BCUT2D eigenvalue weighted by atomic mass is 32.1. The largest absolute Gasteiger partial charge is 0.494 e. The first-order valence-corrected chi connectivity index (χ1v) is 9.94. The molecule has 0 atom stereocenters. The van der Waals surface area contributed by atoms with E-state index in [0.29, 0.717) is 6.61 Å². The van der Waals surface area contributed by atoms with Gasteiger partial charge in [0.2, 0.25) is 0 Å². The molecular weight excluding hydrogens is 330 g/mol. The van der Waals surface area contributed by atoms with Crippen LogP contribution >= 0.6 is 11.3 Å². The molecule has 0 unspecified atom stereocenters. The van der Waals surface area contributed by atoms with Gasteiger partial charge in [-0.1, -0.05) is 18.6 Å². The Labute approximate surface area is 151 Å². The van der Waals surface area contributed by atoms with E-state index in [0.717, 1.165) is 38.9 Å². The minimum absolute atomic E-state index is 0.100. The Morgan fingerprint density at radius 1 is 0.960 bits per heavy atom. The van der Waals surface area contributed by atoms with E-state index >= 15 is 0 Å². The summed E-state index contributed by atoms with van der Waals surface area (Å²) in [6.07, 6.45) is 5.06. The van der Waals surface area contributed by atoms with Gasteiger partial charge < -0.3 is 9.64 Å². The van der Waals surface area contributed by atoms with Crippen LogP contribution in [0.5, 0.6) is 5.75 Å². The summed E-state index contributed by atoms with van der Waals surface area (Å²) in [5.74, 6) is 0.797. The average molecular weight is 353 g/mol. The first-order valence-electron chi connectivity index (χ1n) is 9.12. The van der Waals surface area contributed by atoms with Gasteiger partial charge in [-0.05, 0) is 62.7 Å². The number of ether oxygens (including phenoxy) is 1. The van der Waals surface area contributed by atoms with Gasteiger partial charge in [-0.15, -0.1) is 11.3 Å². The number of benzene rings is 2. The summed E-state index contributed by atoms with van der Waals surface area (Å²) in [7, 11) is 0. The summed E-state index contributed by atoms with van der Waals surface area (Å²) in [5, 5.41) is 1.56. The van der Waals surface area contributed by atoms with Crippen LogP contribution in [-0.4, -0.2) is 31.1 Å². The molecule has 4 heteroatoms. The Hall–Kier alpha value is -1.91. The van der Waals surface area contributed by atoms with E-state index in [1.165, 1.54) is 32.4 Å². The van der Waals surface area contributed by atoms with Crippen LogP contribution < -0.4 is 10.2 Å². The molecule has 0 spiro atoms. The summed E-state index contributed by atoms with van der Waals surface area (Å²) in [6, 6.07) is 13.7. The Bertz CT molecular complexity index is 928. The molecule has 0 radical (unpaired) electrons. The summed E-state index contributed by atoms with van der Waals surface area (Å²) in [6.45, 7) is 4.26. The topological polar surface area (TPSA) is 29.5 Å². The normalized spacial score (nSPS) is 15.7. The second-order valence-corrected chi connectivity index (χ2v) is 7.77. The van der Waals surface area contributed by atoms with Crippen LogP contribution in [0.3, 0.4) is 0 Å². The van der Waals surface area contributed by atoms with Crippen molar-refractivity contribution in [3.8, 4) is 5.75 Å². The van der Waals surface area contributed by atoms with Gasteiger partial charge in [0, 0.05) is 26.7 Å². The van der Waals surface area contributed by atoms with Gasteiger partial charge >= 0.3 is 0 Å². The molecule has 25 heavy (non-hydrogen) atoms. The van der Waals surface area contributed by atoms with Crippen LogP contribution in [0.1, 0.15) is 25.7 Å². The fraction of sp³-hybridized carbons (Fsp3) is 0.381. The zero-order chi connectivity index (χ0) is 17.1. The first-order chi connectivity index (χ1) is 12.3. The second-order valence-electron chi connectivity index (χ2n) is 6.69. The third-order valence-electron chi connectivity index (χ3n) is 4.88. The molecular formula is C21H23NO2S. The highest BCUT2D eigenvalue weighted by Gasteiger charge is 2.10. The molecule has 1 saturated heterocycles. The minimum Gasteiger partial charge on any atom is -0.494 e. The first kappa shape index (κ1) is 16.6. The van der Waals surface area contributed by atoms with Crippen LogP contribution in [0, 0.1) is 0 Å². The van der Waals surface area contributed by atoms with Crippen LogP contribution in [0.25, 0.3) is 20.2 Å². The van der Waals surface area contributed by atoms with Crippen molar-refractivity contribution in [1.29, 1.82) is 0 Å². The average Bonchev–Trinajstić information content (AvgIpc) is 2.67. The Morgan fingerprint density at radius 2 is 1.76 bits per heavy atom. The molecule has 0 saturated carbocycles. The maximum atomic E-state index is 12.7. The minimum atomic E-state index is 0.100. The Balaban J connectivity index is 1.46. The molecule has 2 heterocycles. The molecule has 1 aromatic heterocycles. The predicted molar refractivity (Wildman–Crippen MR) is 106 cm³/mol. The summed E-state index contributed by atoms with van der Waals surface area (Å²) in [5.41, 5.74) is 0.100. The zero-order valence-corrected chi connectivity index (χ0v) is 15.2. The van der Waals surface area contributed by atoms with Crippen LogP contribution in [0.2, 0.25) is 0 Å². The molecule has 3 nitrogen and oxygen atoms in total. The van der Waals surface area contributed by atoms with Gasteiger partial charge in [0.05, 0.1) is 6.61 Å². The second kappa shape index (κ2) is 7.54. The molecule has 2 aromatic carbocycles. The molecule has 0 amide bonds. The van der Waals surface area contributed by atoms with E-state index in [4.69, 9.17) is 4.74 Å². The number of hydrogen-bond donors (Lipinski definition) is 0. The quantitative estimate of drug-likeness (QED) is 0.493. The van der Waals surface area contributed by atoms with Gasteiger partial charge in [-0.3, -0.25) is 4.79 Å². The SMILES string of the molecule is O=c1c2ccccc2sc2ccc(OCCCN3CCCCC3)cc12. The van der Waals surface area contributed by atoms with Crippen molar-refractivity contribution in [3.05, 3.63) is 52.7 Å². The number of hydrogen-bond acceptors (Lipinski definition) is 4. The van der Waals surface area contributed by atoms with Crippen LogP contribution in [0.15, 0.2) is 47.3 Å². The Kier molecular flexibility index (Phi) is 4.99. The molecule has 1 aliphatic rings. The third kappa shape index (κ3) is 3.70. The fourth-order valence-electron chi connectivity index (χ4n) is 3.53. The highest BCUT2D eigenvalue weighted by molar-refractivity contribution is 7.24. The third-order valence-corrected chi connectivity index (χ3v) is 6.04. The van der Waals surface area contributed by atoms with Gasteiger partial charge in [0.25, 0.3) is 0 Å². The lowest BCUT2D eigenvalue weighted by atomic mass is 10.1. The van der Waals surface area contributed by atoms with E-state index in [1.54, 1.807) is 11.3 Å². The molecule has 0 bridgehead atoms. The van der Waals surface area contributed by atoms with E-state index in [-0.39, 0.29) is 5.43 Å². The lowest BCUT2D eigenvalue weighted by Crippen LogP contribution is -2.31. The van der Waals surface area contributed by atoms with Crippen molar-refractivity contribution in [2.24, 2.45) is 0 Å². The summed E-state index contributed by atoms with van der Waals surface area (Å²) < 4.78 is 7.97. The van der Waals surface area contributed by atoms with Crippen LogP contribution in [-0.2, 0) is 0 Å². The summed E-state index contributed by atoms with van der Waals surface area (Å²) in [4.78, 5) is 15.2. The standard InChI is InChI=1S/C21H23NO2S/c23-21-17-7-2-3-8-19(17)25-20-10-9-16(15-18(20)21)24-14-6-13-22-11-4-1-5-12-22/h2-3,7-10,15H,1,4-6,11-14H2. The molecule has 1 fully saturated rings. The molecule has 130 valence electrons. The predicted octanol–water partition coefficient (Wildman–Crippen LogP) is 4.67. The maximum absolute atomic E-state index is 12.7. The van der Waals surface area contributed by atoms with E-state index in [2.05, 4.69) is 4.90 Å². The van der Waals surface area contributed by atoms with Gasteiger partial charge in [0.15, 0.2) is 5.43 Å². The van der Waals surface area contributed by atoms with Crippen molar-refractivity contribution in [3.63, 3.8) is 0 Å². The lowest BCUT2D eigenvalue weighted by molar-refractivity contribution is 0.205. The highest BCUT2D eigenvalue weighted by Crippen LogP contribution is 2.27. The number of fused-ring (bicyclic) bond motifs is 2. The van der Waals surface area contributed by atoms with Crippen molar-refractivity contribution in [2.75, 3.05) is 26.2 Å². The maximum Gasteiger partial charge on any atom is 0.196 e. The van der Waals surface area contributed by atoms with Crippen molar-refractivity contribution < 1.29 is 4.74 Å². The van der Waals surface area contributed by atoms with Crippen molar-refractivity contribution in [1.82, 2.24) is 4.90 Å². The van der Waals surface area contributed by atoms with E-state index in [9.17, 15) is 4.79 Å². The number of likely N-dealkylation sites (tertiary alicyclic amines) is 1. The number of nitrogens with zero attached hydrogens (tertiary/aromatic N) is 1. The lowest BCUT2D eigenvalue weighted by Gasteiger charge is -2.26. The van der Waals surface area contributed by atoms with Gasteiger partial charge in [0.1, 0.15) is 5.75 Å². The zero-order valence-electron chi connectivity index (χ0n) is 14.4. The van der Waals surface area contributed by atoms with Crippen molar-refractivity contribution in [2.45, 2.75) is 25.7 Å². The number of rotatable bonds is 5. The molecule has 1 aliphatic heterocycles. The molecule has 0 N–H and O–H groups in total. The van der Waals surface area contributed by atoms with Crippen molar-refractivity contribution >= 4 is 31.5 Å².